The lowest BCUT2D eigenvalue weighted by molar-refractivity contribution is -0.134. The van der Waals surface area contributed by atoms with Crippen molar-refractivity contribution >= 4 is 28.7 Å². The number of aromatic nitrogens is 2. The number of ether oxygens (including phenoxy) is 1. The lowest BCUT2D eigenvalue weighted by Gasteiger charge is -2.41. The summed E-state index contributed by atoms with van der Waals surface area (Å²) in [5.41, 5.74) is 3.57. The molecule has 0 saturated carbocycles. The number of aliphatic hydroxyl groups is 1. The molecule has 5 rings (SSSR count). The first kappa shape index (κ1) is 35.7. The highest BCUT2D eigenvalue weighted by molar-refractivity contribution is 5.79. The van der Waals surface area contributed by atoms with Crippen LogP contribution in [-0.4, -0.2) is 99.6 Å². The quantitative estimate of drug-likeness (QED) is 0.211. The fraction of sp³-hybridized carbons (Fsp3) is 0.605. The van der Waals surface area contributed by atoms with Crippen LogP contribution in [0.5, 0.6) is 0 Å². The summed E-state index contributed by atoms with van der Waals surface area (Å²) >= 11 is 0. The largest absolute Gasteiger partial charge is 0.465 e. The van der Waals surface area contributed by atoms with Gasteiger partial charge < -0.3 is 29.3 Å². The number of carboxylic acid groups (broad SMARTS) is 1. The van der Waals surface area contributed by atoms with Crippen molar-refractivity contribution in [2.75, 3.05) is 51.4 Å². The molecule has 262 valence electrons. The highest BCUT2D eigenvalue weighted by Gasteiger charge is 2.37. The average Bonchev–Trinajstić information content (AvgIpc) is 3.43. The van der Waals surface area contributed by atoms with Crippen molar-refractivity contribution in [2.45, 2.75) is 96.2 Å². The van der Waals surface area contributed by atoms with Crippen molar-refractivity contribution in [3.8, 4) is 0 Å². The summed E-state index contributed by atoms with van der Waals surface area (Å²) in [5, 5.41) is 19.7. The molecule has 0 spiro atoms. The summed E-state index contributed by atoms with van der Waals surface area (Å²) in [4.78, 5) is 37.6. The number of carbonyl (C=O) groups is 2. The number of methoxy groups -OCH3 is 1. The fourth-order valence-electron chi connectivity index (χ4n) is 7.78. The topological polar surface area (TPSA) is 111 Å². The monoisotopic (exact) mass is 661 g/mol. The molecule has 2 aromatic carbocycles. The molecule has 3 aromatic rings. The van der Waals surface area contributed by atoms with Gasteiger partial charge in [-0.2, -0.15) is 0 Å². The molecule has 10 nitrogen and oxygen atoms in total. The van der Waals surface area contributed by atoms with Gasteiger partial charge in [-0.15, -0.1) is 0 Å². The molecule has 3 heterocycles. The van der Waals surface area contributed by atoms with E-state index in [1.54, 1.807) is 7.11 Å². The molecule has 2 amide bonds. The van der Waals surface area contributed by atoms with Gasteiger partial charge in [-0.05, 0) is 101 Å². The van der Waals surface area contributed by atoms with Crippen LogP contribution in [-0.2, 0) is 22.5 Å². The van der Waals surface area contributed by atoms with Crippen LogP contribution in [0.2, 0.25) is 0 Å². The van der Waals surface area contributed by atoms with Crippen molar-refractivity contribution in [3.63, 3.8) is 0 Å². The van der Waals surface area contributed by atoms with Crippen molar-refractivity contribution in [1.82, 2.24) is 19.4 Å². The smallest absolute Gasteiger partial charge is 0.408 e. The lowest BCUT2D eigenvalue weighted by atomic mass is 9.93. The van der Waals surface area contributed by atoms with Crippen LogP contribution in [0.1, 0.15) is 83.0 Å². The number of hydrogen-bond acceptors (Lipinski definition) is 6. The average molecular weight is 662 g/mol. The molecule has 2 atom stereocenters. The number of piperidine rings is 2. The normalized spacial score (nSPS) is 18.3. The number of aliphatic hydroxyl groups excluding tert-OH is 1. The van der Waals surface area contributed by atoms with Crippen molar-refractivity contribution < 1.29 is 24.5 Å². The number of anilines is 1. The molecule has 0 aliphatic carbocycles. The first-order valence-electron chi connectivity index (χ1n) is 17.8. The number of benzene rings is 2. The molecular formula is C38H55N5O5. The number of rotatable bonds is 13. The van der Waals surface area contributed by atoms with Crippen LogP contribution in [0.15, 0.2) is 48.5 Å². The van der Waals surface area contributed by atoms with E-state index >= 15 is 0 Å². The Balaban J connectivity index is 1.31. The van der Waals surface area contributed by atoms with Crippen molar-refractivity contribution in [1.29, 1.82) is 0 Å². The molecule has 0 radical (unpaired) electrons. The second-order valence-electron chi connectivity index (χ2n) is 14.6. The van der Waals surface area contributed by atoms with Crippen LogP contribution < -0.4 is 4.90 Å². The van der Waals surface area contributed by atoms with E-state index in [0.29, 0.717) is 32.0 Å². The third kappa shape index (κ3) is 8.69. The minimum absolute atomic E-state index is 0.00962. The number of nitrogens with zero attached hydrogens (tertiary/aromatic N) is 5. The van der Waals surface area contributed by atoms with E-state index in [1.807, 2.05) is 43.9 Å². The summed E-state index contributed by atoms with van der Waals surface area (Å²) in [7, 11) is 1.72. The van der Waals surface area contributed by atoms with E-state index in [9.17, 15) is 19.8 Å². The van der Waals surface area contributed by atoms with Gasteiger partial charge in [-0.3, -0.25) is 9.69 Å². The van der Waals surface area contributed by atoms with Crippen LogP contribution in [0, 0.1) is 5.92 Å². The Hall–Kier alpha value is -3.63. The minimum atomic E-state index is -1.01. The third-order valence-corrected chi connectivity index (χ3v) is 10.2. The van der Waals surface area contributed by atoms with Crippen LogP contribution in [0.3, 0.4) is 0 Å². The van der Waals surface area contributed by atoms with Crippen LogP contribution in [0.4, 0.5) is 10.5 Å². The maximum absolute atomic E-state index is 14.1. The zero-order chi connectivity index (χ0) is 34.3. The number of aryl methyl sites for hydroxylation is 1. The SMILES string of the molecule is COCCCn1c([C@@H]2CCCN(C(=O)C[C@@H](Cc3ccc(N4CCC(CCO)CC4)cc3)N(C(=O)O)C(C)(C)C)C2)nc2ccccc21. The van der Waals surface area contributed by atoms with Gasteiger partial charge in [0.05, 0.1) is 11.0 Å². The van der Waals surface area contributed by atoms with E-state index in [1.165, 1.54) is 4.90 Å². The molecule has 1 aromatic heterocycles. The molecule has 0 bridgehead atoms. The van der Waals surface area contributed by atoms with Gasteiger partial charge >= 0.3 is 6.09 Å². The standard InChI is InChI=1S/C38H55N5O5/c1-38(2,3)43(37(46)47)32(25-29-12-14-31(15-13-29)40-21-16-28(17-22-40)18-23-44)26-35(45)41-19-7-9-30(27-41)36-39-33-10-5-6-11-34(33)42(36)20-8-24-48-4/h5-6,10-15,28,30,32,44H,7-9,16-27H2,1-4H3,(H,46,47)/t30-,32-/m1/s1. The number of carbonyl (C=O) groups excluding carboxylic acids is 1. The van der Waals surface area contributed by atoms with E-state index in [4.69, 9.17) is 9.72 Å². The summed E-state index contributed by atoms with van der Waals surface area (Å²) in [6, 6.07) is 16.1. The zero-order valence-corrected chi connectivity index (χ0v) is 29.3. The highest BCUT2D eigenvalue weighted by Crippen LogP contribution is 2.32. The van der Waals surface area contributed by atoms with Crippen LogP contribution >= 0.6 is 0 Å². The molecule has 2 fully saturated rings. The Bertz CT molecular complexity index is 1490. The predicted octanol–water partition coefficient (Wildman–Crippen LogP) is 6.16. The number of fused-ring (bicyclic) bond motifs is 1. The molecule has 48 heavy (non-hydrogen) atoms. The minimum Gasteiger partial charge on any atom is -0.465 e. The second-order valence-corrected chi connectivity index (χ2v) is 14.6. The number of amides is 2. The maximum Gasteiger partial charge on any atom is 0.408 e. The number of imidazole rings is 1. The van der Waals surface area contributed by atoms with Gasteiger partial charge in [0, 0.05) is 82.7 Å². The summed E-state index contributed by atoms with van der Waals surface area (Å²) < 4.78 is 7.62. The first-order chi connectivity index (χ1) is 23.1. The highest BCUT2D eigenvalue weighted by atomic mass is 16.5. The maximum atomic E-state index is 14.1. The molecule has 2 N–H and O–H groups in total. The van der Waals surface area contributed by atoms with Gasteiger partial charge in [0.1, 0.15) is 5.82 Å². The Morgan fingerprint density at radius 3 is 2.44 bits per heavy atom. The lowest BCUT2D eigenvalue weighted by Crippen LogP contribution is -2.54. The van der Waals surface area contributed by atoms with E-state index in [2.05, 4.69) is 39.8 Å². The van der Waals surface area contributed by atoms with E-state index < -0.39 is 17.7 Å². The molecular weight excluding hydrogens is 606 g/mol. The Morgan fingerprint density at radius 1 is 1.04 bits per heavy atom. The Morgan fingerprint density at radius 2 is 1.77 bits per heavy atom. The molecule has 2 aliphatic heterocycles. The van der Waals surface area contributed by atoms with Gasteiger partial charge in [-0.1, -0.05) is 24.3 Å². The Kier molecular flexibility index (Phi) is 12.0. The summed E-state index contributed by atoms with van der Waals surface area (Å²) in [6.45, 7) is 10.6. The fourth-order valence-corrected chi connectivity index (χ4v) is 7.78. The number of likely N-dealkylation sites (tertiary alicyclic amines) is 1. The van der Waals surface area contributed by atoms with Gasteiger partial charge in [0.2, 0.25) is 5.91 Å². The number of hydrogen-bond donors (Lipinski definition) is 2. The molecule has 2 saturated heterocycles. The summed E-state index contributed by atoms with van der Waals surface area (Å²) in [6.07, 6.45) is 5.31. The third-order valence-electron chi connectivity index (χ3n) is 10.2. The molecule has 10 heteroatoms. The van der Waals surface area contributed by atoms with Crippen molar-refractivity contribution in [2.24, 2.45) is 5.92 Å². The zero-order valence-electron chi connectivity index (χ0n) is 29.3. The van der Waals surface area contributed by atoms with Gasteiger partial charge in [0.15, 0.2) is 0 Å². The first-order valence-corrected chi connectivity index (χ1v) is 17.8. The van der Waals surface area contributed by atoms with Gasteiger partial charge in [0.25, 0.3) is 0 Å². The second kappa shape index (κ2) is 16.2. The Labute approximate surface area is 285 Å². The van der Waals surface area contributed by atoms with Crippen LogP contribution in [0.25, 0.3) is 11.0 Å². The van der Waals surface area contributed by atoms with E-state index in [0.717, 1.165) is 86.3 Å². The molecule has 0 unspecified atom stereocenters. The van der Waals surface area contributed by atoms with Gasteiger partial charge in [-0.25, -0.2) is 9.78 Å². The van der Waals surface area contributed by atoms with E-state index in [-0.39, 0.29) is 24.9 Å². The predicted molar refractivity (Wildman–Crippen MR) is 190 cm³/mol. The number of para-hydroxylation sites is 2. The van der Waals surface area contributed by atoms with Crippen molar-refractivity contribution in [3.05, 3.63) is 59.9 Å². The summed E-state index contributed by atoms with van der Waals surface area (Å²) in [5.74, 6) is 1.70. The molecule has 2 aliphatic rings.